The number of aromatic nitrogens is 2. The van der Waals surface area contributed by atoms with Crippen LogP contribution in [0.5, 0.6) is 0 Å². The van der Waals surface area contributed by atoms with Gasteiger partial charge in [-0.2, -0.15) is 0 Å². The topological polar surface area (TPSA) is 41.1 Å². The molecule has 0 unspecified atom stereocenters. The minimum absolute atomic E-state index is 0.757. The zero-order chi connectivity index (χ0) is 16.4. The van der Waals surface area contributed by atoms with E-state index in [0.717, 1.165) is 36.5 Å². The molecule has 0 aromatic carbocycles. The quantitative estimate of drug-likeness (QED) is 0.493. The molecule has 1 aromatic heterocycles. The molecule has 1 aromatic rings. The zero-order valence-electron chi connectivity index (χ0n) is 14.9. The summed E-state index contributed by atoms with van der Waals surface area (Å²) in [7, 11) is 2.13. The summed E-state index contributed by atoms with van der Waals surface area (Å²) in [4.78, 5) is 11.4. The van der Waals surface area contributed by atoms with E-state index in [2.05, 4.69) is 43.0 Å². The van der Waals surface area contributed by atoms with E-state index in [1.165, 1.54) is 31.2 Å². The molecule has 1 heterocycles. The Balaban J connectivity index is 2.75. The molecule has 0 saturated heterocycles. The van der Waals surface area contributed by atoms with Crippen LogP contribution in [0.1, 0.15) is 52.0 Å². The van der Waals surface area contributed by atoms with Crippen molar-refractivity contribution >= 4 is 17.6 Å². The van der Waals surface area contributed by atoms with Gasteiger partial charge in [0.05, 0.1) is 0 Å². The van der Waals surface area contributed by atoms with E-state index >= 15 is 0 Å². The van der Waals surface area contributed by atoms with Crippen LogP contribution in [0.15, 0.2) is 11.4 Å². The van der Waals surface area contributed by atoms with Crippen molar-refractivity contribution in [1.82, 2.24) is 15.3 Å². The highest BCUT2D eigenvalue weighted by atomic mass is 32.2. The first-order valence-corrected chi connectivity index (χ1v) is 9.70. The van der Waals surface area contributed by atoms with Crippen LogP contribution in [0.3, 0.4) is 0 Å². The molecule has 1 N–H and O–H groups in total. The number of hydrogen-bond acceptors (Lipinski definition) is 5. The summed E-state index contributed by atoms with van der Waals surface area (Å²) in [6.45, 7) is 9.69. The number of hydrogen-bond donors (Lipinski definition) is 1. The normalized spacial score (nSPS) is 11.2. The average Bonchev–Trinajstić information content (AvgIpc) is 2.56. The molecule has 0 radical (unpaired) electrons. The average molecular weight is 325 g/mol. The standard InChI is InChI=1S/C17H32N4S/c1-6-9-10-21(4)16-15(13-19-17(20-16)22-5)12-18-11-14(7-2)8-3/h13-14,18H,6-12H2,1-5H3. The molecule has 22 heavy (non-hydrogen) atoms. The summed E-state index contributed by atoms with van der Waals surface area (Å²) in [5, 5.41) is 4.43. The molecule has 126 valence electrons. The number of thioether (sulfide) groups is 1. The fourth-order valence-corrected chi connectivity index (χ4v) is 2.76. The van der Waals surface area contributed by atoms with Gasteiger partial charge in [-0.25, -0.2) is 9.97 Å². The van der Waals surface area contributed by atoms with E-state index in [9.17, 15) is 0 Å². The Kier molecular flexibility index (Phi) is 9.48. The third kappa shape index (κ3) is 6.13. The zero-order valence-corrected chi connectivity index (χ0v) is 15.7. The summed E-state index contributed by atoms with van der Waals surface area (Å²) < 4.78 is 0. The Morgan fingerprint density at radius 2 is 2.00 bits per heavy atom. The lowest BCUT2D eigenvalue weighted by Crippen LogP contribution is -2.26. The fourth-order valence-electron chi connectivity index (χ4n) is 2.43. The minimum atomic E-state index is 0.757. The van der Waals surface area contributed by atoms with Crippen molar-refractivity contribution in [1.29, 1.82) is 0 Å². The van der Waals surface area contributed by atoms with Crippen molar-refractivity contribution in [2.45, 2.75) is 58.2 Å². The smallest absolute Gasteiger partial charge is 0.189 e. The van der Waals surface area contributed by atoms with Crippen LogP contribution < -0.4 is 10.2 Å². The molecule has 0 atom stereocenters. The van der Waals surface area contributed by atoms with Crippen molar-refractivity contribution in [2.24, 2.45) is 5.92 Å². The molecule has 0 aliphatic heterocycles. The summed E-state index contributed by atoms with van der Waals surface area (Å²) in [5.41, 5.74) is 1.20. The lowest BCUT2D eigenvalue weighted by Gasteiger charge is -2.22. The van der Waals surface area contributed by atoms with E-state index < -0.39 is 0 Å². The first-order chi connectivity index (χ1) is 10.7. The van der Waals surface area contributed by atoms with Gasteiger partial charge >= 0.3 is 0 Å². The van der Waals surface area contributed by atoms with Crippen molar-refractivity contribution < 1.29 is 0 Å². The van der Waals surface area contributed by atoms with E-state index in [4.69, 9.17) is 4.98 Å². The molecule has 0 bridgehead atoms. The summed E-state index contributed by atoms with van der Waals surface area (Å²) in [6, 6.07) is 0. The highest BCUT2D eigenvalue weighted by Crippen LogP contribution is 2.20. The Morgan fingerprint density at radius 3 is 2.59 bits per heavy atom. The van der Waals surface area contributed by atoms with Crippen LogP contribution in [0.25, 0.3) is 0 Å². The van der Waals surface area contributed by atoms with E-state index in [0.29, 0.717) is 0 Å². The number of nitrogens with zero attached hydrogens (tertiary/aromatic N) is 3. The van der Waals surface area contributed by atoms with Crippen LogP contribution in [0.4, 0.5) is 5.82 Å². The number of rotatable bonds is 11. The predicted molar refractivity (Wildman–Crippen MR) is 97.8 cm³/mol. The van der Waals surface area contributed by atoms with Gasteiger partial charge in [0.25, 0.3) is 0 Å². The molecule has 5 heteroatoms. The summed E-state index contributed by atoms with van der Waals surface area (Å²) >= 11 is 1.60. The second-order valence-corrected chi connectivity index (χ2v) is 6.57. The molecule has 0 spiro atoms. The monoisotopic (exact) mass is 324 g/mol. The first kappa shape index (κ1) is 19.2. The van der Waals surface area contributed by atoms with Gasteiger partial charge in [-0.3, -0.25) is 0 Å². The molecule has 4 nitrogen and oxygen atoms in total. The van der Waals surface area contributed by atoms with Crippen molar-refractivity contribution in [3.63, 3.8) is 0 Å². The molecular weight excluding hydrogens is 292 g/mol. The lowest BCUT2D eigenvalue weighted by atomic mass is 10.0. The first-order valence-electron chi connectivity index (χ1n) is 8.47. The highest BCUT2D eigenvalue weighted by Gasteiger charge is 2.12. The molecule has 0 amide bonds. The van der Waals surface area contributed by atoms with Gasteiger partial charge in [-0.05, 0) is 25.1 Å². The Labute approximate surface area is 140 Å². The second kappa shape index (κ2) is 10.8. The van der Waals surface area contributed by atoms with Gasteiger partial charge in [-0.15, -0.1) is 0 Å². The lowest BCUT2D eigenvalue weighted by molar-refractivity contribution is 0.449. The summed E-state index contributed by atoms with van der Waals surface area (Å²) in [5.74, 6) is 1.83. The number of anilines is 1. The number of nitrogens with one attached hydrogen (secondary N) is 1. The van der Waals surface area contributed by atoms with Crippen molar-refractivity contribution in [3.05, 3.63) is 11.8 Å². The number of unbranched alkanes of at least 4 members (excludes halogenated alkanes) is 1. The Morgan fingerprint density at radius 1 is 1.27 bits per heavy atom. The molecule has 0 aliphatic rings. The molecule has 1 rings (SSSR count). The third-order valence-corrected chi connectivity index (χ3v) is 4.68. The van der Waals surface area contributed by atoms with E-state index in [-0.39, 0.29) is 0 Å². The van der Waals surface area contributed by atoms with Crippen molar-refractivity contribution in [3.8, 4) is 0 Å². The molecular formula is C17H32N4S. The van der Waals surface area contributed by atoms with Crippen LogP contribution in [0.2, 0.25) is 0 Å². The van der Waals surface area contributed by atoms with Crippen LogP contribution in [0, 0.1) is 5.92 Å². The fraction of sp³-hybridized carbons (Fsp3) is 0.765. The maximum Gasteiger partial charge on any atom is 0.189 e. The SMILES string of the molecule is CCCCN(C)c1nc(SC)ncc1CNCC(CC)CC. The van der Waals surface area contributed by atoms with E-state index in [1.54, 1.807) is 11.8 Å². The molecule has 0 aliphatic carbocycles. The van der Waals surface area contributed by atoms with Crippen LogP contribution in [-0.2, 0) is 6.54 Å². The largest absolute Gasteiger partial charge is 0.359 e. The second-order valence-electron chi connectivity index (χ2n) is 5.79. The maximum absolute atomic E-state index is 4.72. The van der Waals surface area contributed by atoms with Gasteiger partial charge in [0.2, 0.25) is 0 Å². The minimum Gasteiger partial charge on any atom is -0.359 e. The van der Waals surface area contributed by atoms with Gasteiger partial charge in [0.15, 0.2) is 5.16 Å². The van der Waals surface area contributed by atoms with Crippen LogP contribution >= 0.6 is 11.8 Å². The maximum atomic E-state index is 4.72. The third-order valence-electron chi connectivity index (χ3n) is 4.11. The van der Waals surface area contributed by atoms with Gasteiger partial charge in [0.1, 0.15) is 5.82 Å². The predicted octanol–water partition coefficient (Wildman–Crippen LogP) is 3.96. The molecule has 0 saturated carbocycles. The Bertz CT molecular complexity index is 421. The van der Waals surface area contributed by atoms with Gasteiger partial charge < -0.3 is 10.2 Å². The van der Waals surface area contributed by atoms with E-state index in [1.807, 2.05) is 12.5 Å². The van der Waals surface area contributed by atoms with Gasteiger partial charge in [0, 0.05) is 31.9 Å². The Hall–Kier alpha value is -0.810. The summed E-state index contributed by atoms with van der Waals surface area (Å²) in [6.07, 6.45) is 8.86. The van der Waals surface area contributed by atoms with Crippen molar-refractivity contribution in [2.75, 3.05) is 31.3 Å². The van der Waals surface area contributed by atoms with Gasteiger partial charge in [-0.1, -0.05) is 51.8 Å². The molecule has 0 fully saturated rings. The highest BCUT2D eigenvalue weighted by molar-refractivity contribution is 7.98. The van der Waals surface area contributed by atoms with Crippen LogP contribution in [-0.4, -0.2) is 36.4 Å².